The first kappa shape index (κ1) is 15.9. The number of hydrogen-bond acceptors (Lipinski definition) is 4. The van der Waals surface area contributed by atoms with Crippen LogP contribution in [0, 0.1) is 0 Å². The summed E-state index contributed by atoms with van der Waals surface area (Å²) in [6, 6.07) is 2.31. The largest absolute Gasteiger partial charge is 0.397 e. The molecule has 1 fully saturated rings. The van der Waals surface area contributed by atoms with Crippen LogP contribution in [0.2, 0.25) is 0 Å². The highest BCUT2D eigenvalue weighted by molar-refractivity contribution is 5.93. The minimum atomic E-state index is -0.0107. The molecule has 0 atom stereocenters. The van der Waals surface area contributed by atoms with E-state index in [4.69, 9.17) is 5.73 Å². The van der Waals surface area contributed by atoms with Gasteiger partial charge in [0, 0.05) is 38.1 Å². The van der Waals surface area contributed by atoms with E-state index in [0.717, 1.165) is 26.2 Å². The summed E-state index contributed by atoms with van der Waals surface area (Å²) < 4.78 is 0. The molecule has 2 rings (SSSR count). The molecule has 3 N–H and O–H groups in total. The molecule has 1 amide bonds. The lowest BCUT2D eigenvalue weighted by Gasteiger charge is -2.35. The zero-order chi connectivity index (χ0) is 15.4. The molecule has 1 saturated heterocycles. The van der Waals surface area contributed by atoms with Crippen molar-refractivity contribution >= 4 is 11.6 Å². The van der Waals surface area contributed by atoms with Crippen molar-refractivity contribution in [1.82, 2.24) is 19.7 Å². The Morgan fingerprint density at radius 1 is 1.38 bits per heavy atom. The second-order valence-corrected chi connectivity index (χ2v) is 6.09. The third-order valence-corrected chi connectivity index (χ3v) is 4.38. The van der Waals surface area contributed by atoms with Crippen LogP contribution in [0.15, 0.2) is 12.3 Å². The van der Waals surface area contributed by atoms with Gasteiger partial charge in [-0.3, -0.25) is 4.79 Å². The number of carbonyl (C=O) groups is 1. The fourth-order valence-corrected chi connectivity index (χ4v) is 2.77. The molecular formula is C15H27N5O. The number of hydrogen-bond donors (Lipinski definition) is 2. The molecule has 6 nitrogen and oxygen atoms in total. The van der Waals surface area contributed by atoms with Crippen LogP contribution in [0.4, 0.5) is 5.69 Å². The predicted octanol–water partition coefficient (Wildman–Crippen LogP) is 0.695. The van der Waals surface area contributed by atoms with Gasteiger partial charge in [-0.25, -0.2) is 0 Å². The van der Waals surface area contributed by atoms with Crippen LogP contribution in [-0.4, -0.2) is 79.0 Å². The van der Waals surface area contributed by atoms with E-state index in [-0.39, 0.29) is 5.91 Å². The fourth-order valence-electron chi connectivity index (χ4n) is 2.77. The molecule has 0 unspecified atom stereocenters. The number of nitrogen functional groups attached to an aromatic ring is 1. The number of nitrogens with zero attached hydrogens (tertiary/aromatic N) is 3. The maximum atomic E-state index is 12.2. The van der Waals surface area contributed by atoms with Crippen molar-refractivity contribution in [2.45, 2.75) is 18.9 Å². The Labute approximate surface area is 126 Å². The quantitative estimate of drug-likeness (QED) is 0.838. The summed E-state index contributed by atoms with van der Waals surface area (Å²) in [6.07, 6.45) is 4.06. The molecule has 0 saturated carbocycles. The maximum Gasteiger partial charge on any atom is 0.270 e. The van der Waals surface area contributed by atoms with E-state index in [1.54, 1.807) is 17.2 Å². The molecule has 1 aromatic heterocycles. The topological polar surface area (TPSA) is 68.6 Å². The number of carbonyl (C=O) groups excluding carboxylic acids is 1. The van der Waals surface area contributed by atoms with Crippen molar-refractivity contribution in [3.05, 3.63) is 18.0 Å². The molecule has 1 aliphatic heterocycles. The number of nitrogens with two attached hydrogens (primary N) is 1. The number of H-pyrrole nitrogens is 1. The van der Waals surface area contributed by atoms with Crippen molar-refractivity contribution in [3.63, 3.8) is 0 Å². The van der Waals surface area contributed by atoms with Gasteiger partial charge in [-0.15, -0.1) is 0 Å². The van der Waals surface area contributed by atoms with Crippen molar-refractivity contribution in [2.75, 3.05) is 53.1 Å². The average molecular weight is 293 g/mol. The van der Waals surface area contributed by atoms with Gasteiger partial charge < -0.3 is 25.4 Å². The van der Waals surface area contributed by atoms with Gasteiger partial charge in [-0.1, -0.05) is 0 Å². The standard InChI is InChI=1S/C15H27N5O/c1-18-6-4-13(5-7-18)19(2)8-9-20(3)15(21)14-10-12(16)11-17-14/h10-11,13,17H,4-9,16H2,1-3H3. The maximum absolute atomic E-state index is 12.2. The van der Waals surface area contributed by atoms with E-state index in [1.807, 2.05) is 7.05 Å². The number of piperidine rings is 1. The van der Waals surface area contributed by atoms with Crippen molar-refractivity contribution in [2.24, 2.45) is 0 Å². The second kappa shape index (κ2) is 6.95. The van der Waals surface area contributed by atoms with Gasteiger partial charge in [0.15, 0.2) is 0 Å². The number of likely N-dealkylation sites (N-methyl/N-ethyl adjacent to an activating group) is 2. The lowest BCUT2D eigenvalue weighted by atomic mass is 10.0. The molecule has 6 heteroatoms. The number of anilines is 1. The van der Waals surface area contributed by atoms with E-state index in [2.05, 4.69) is 28.9 Å². The first-order valence-electron chi connectivity index (χ1n) is 7.55. The van der Waals surface area contributed by atoms with Gasteiger partial charge >= 0.3 is 0 Å². The van der Waals surface area contributed by atoms with E-state index in [9.17, 15) is 4.79 Å². The number of aromatic nitrogens is 1. The first-order valence-corrected chi connectivity index (χ1v) is 7.55. The summed E-state index contributed by atoms with van der Waals surface area (Å²) in [5.41, 5.74) is 6.78. The monoisotopic (exact) mass is 293 g/mol. The van der Waals surface area contributed by atoms with E-state index in [1.165, 1.54) is 12.8 Å². The molecule has 2 heterocycles. The number of amides is 1. The number of nitrogens with one attached hydrogen (secondary N) is 1. The van der Waals surface area contributed by atoms with E-state index >= 15 is 0 Å². The molecule has 118 valence electrons. The first-order chi connectivity index (χ1) is 9.97. The van der Waals surface area contributed by atoms with Gasteiger partial charge in [0.25, 0.3) is 5.91 Å². The summed E-state index contributed by atoms with van der Waals surface area (Å²) >= 11 is 0. The van der Waals surface area contributed by atoms with Crippen LogP contribution in [-0.2, 0) is 0 Å². The lowest BCUT2D eigenvalue weighted by molar-refractivity contribution is 0.0753. The Balaban J connectivity index is 1.78. The van der Waals surface area contributed by atoms with Crippen molar-refractivity contribution in [1.29, 1.82) is 0 Å². The number of likely N-dealkylation sites (tertiary alicyclic amines) is 1. The van der Waals surface area contributed by atoms with Gasteiger partial charge in [0.05, 0.1) is 0 Å². The predicted molar refractivity (Wildman–Crippen MR) is 85.3 cm³/mol. The minimum absolute atomic E-state index is 0.0107. The molecule has 0 bridgehead atoms. The number of aromatic amines is 1. The fraction of sp³-hybridized carbons (Fsp3) is 0.667. The normalized spacial score (nSPS) is 17.3. The zero-order valence-electron chi connectivity index (χ0n) is 13.3. The minimum Gasteiger partial charge on any atom is -0.397 e. The highest BCUT2D eigenvalue weighted by atomic mass is 16.2. The summed E-state index contributed by atoms with van der Waals surface area (Å²) in [5, 5.41) is 0. The second-order valence-electron chi connectivity index (χ2n) is 6.09. The Hall–Kier alpha value is -1.53. The van der Waals surface area contributed by atoms with Crippen LogP contribution in [0.1, 0.15) is 23.3 Å². The SMILES string of the molecule is CN1CCC(N(C)CCN(C)C(=O)c2cc(N)c[nH]2)CC1. The van der Waals surface area contributed by atoms with Gasteiger partial charge in [0.1, 0.15) is 5.69 Å². The Kier molecular flexibility index (Phi) is 5.25. The van der Waals surface area contributed by atoms with Crippen molar-refractivity contribution in [3.8, 4) is 0 Å². The Morgan fingerprint density at radius 2 is 2.05 bits per heavy atom. The molecule has 1 aromatic rings. The summed E-state index contributed by atoms with van der Waals surface area (Å²) in [7, 11) is 6.16. The molecule has 0 aromatic carbocycles. The molecule has 0 spiro atoms. The third-order valence-electron chi connectivity index (χ3n) is 4.38. The van der Waals surface area contributed by atoms with Gasteiger partial charge in [-0.05, 0) is 46.1 Å². The van der Waals surface area contributed by atoms with Crippen molar-refractivity contribution < 1.29 is 4.79 Å². The van der Waals surface area contributed by atoms with Crippen LogP contribution >= 0.6 is 0 Å². The van der Waals surface area contributed by atoms with Crippen LogP contribution in [0.5, 0.6) is 0 Å². The van der Waals surface area contributed by atoms with Crippen LogP contribution in [0.25, 0.3) is 0 Å². The third kappa shape index (κ3) is 4.22. The Morgan fingerprint density at radius 3 is 2.62 bits per heavy atom. The Bertz CT molecular complexity index is 464. The molecule has 21 heavy (non-hydrogen) atoms. The van der Waals surface area contributed by atoms with Gasteiger partial charge in [-0.2, -0.15) is 0 Å². The van der Waals surface area contributed by atoms with Crippen LogP contribution in [0.3, 0.4) is 0 Å². The smallest absolute Gasteiger partial charge is 0.270 e. The summed E-state index contributed by atoms with van der Waals surface area (Å²) in [6.45, 7) is 3.93. The van der Waals surface area contributed by atoms with E-state index in [0.29, 0.717) is 17.4 Å². The molecular weight excluding hydrogens is 266 g/mol. The van der Waals surface area contributed by atoms with E-state index < -0.39 is 0 Å². The molecule has 1 aliphatic rings. The molecule has 0 radical (unpaired) electrons. The number of rotatable bonds is 5. The zero-order valence-corrected chi connectivity index (χ0v) is 13.3. The highest BCUT2D eigenvalue weighted by Crippen LogP contribution is 2.14. The lowest BCUT2D eigenvalue weighted by Crippen LogP contribution is -2.44. The summed E-state index contributed by atoms with van der Waals surface area (Å²) in [4.78, 5) is 21.6. The van der Waals surface area contributed by atoms with Crippen LogP contribution < -0.4 is 5.73 Å². The molecule has 0 aliphatic carbocycles. The summed E-state index contributed by atoms with van der Waals surface area (Å²) in [5.74, 6) is -0.0107. The average Bonchev–Trinajstić information content (AvgIpc) is 2.91. The van der Waals surface area contributed by atoms with Gasteiger partial charge in [0.2, 0.25) is 0 Å². The highest BCUT2D eigenvalue weighted by Gasteiger charge is 2.21.